The van der Waals surface area contributed by atoms with Gasteiger partial charge >= 0.3 is 5.97 Å². The van der Waals surface area contributed by atoms with Crippen LogP contribution in [0.15, 0.2) is 10.7 Å². The van der Waals surface area contributed by atoms with Crippen LogP contribution in [0.5, 0.6) is 0 Å². The van der Waals surface area contributed by atoms with Crippen LogP contribution in [0.4, 0.5) is 0 Å². The van der Waals surface area contributed by atoms with Gasteiger partial charge in [0.25, 0.3) is 0 Å². The number of esters is 1. The van der Waals surface area contributed by atoms with E-state index in [-0.39, 0.29) is 11.6 Å². The Bertz CT molecular complexity index is 549. The number of unbranched alkanes of at least 4 members (excludes halogenated alkanes) is 2. The number of aromatic nitrogens is 1. The summed E-state index contributed by atoms with van der Waals surface area (Å²) in [5.41, 5.74) is 0.143. The second-order valence-electron chi connectivity index (χ2n) is 6.83. The predicted octanol–water partition coefficient (Wildman–Crippen LogP) is 3.95. The molecule has 0 N–H and O–H groups in total. The van der Waals surface area contributed by atoms with Crippen molar-refractivity contribution in [1.82, 2.24) is 9.88 Å². The first-order chi connectivity index (χ1) is 12.1. The molecule has 1 aliphatic rings. The van der Waals surface area contributed by atoms with E-state index in [1.165, 1.54) is 39.1 Å². The largest absolute Gasteiger partial charge is 0.464 e. The van der Waals surface area contributed by atoms with Crippen LogP contribution >= 0.6 is 0 Å². The fourth-order valence-electron chi connectivity index (χ4n) is 3.37. The molecule has 0 bridgehead atoms. The molecule has 6 nitrogen and oxygen atoms in total. The highest BCUT2D eigenvalue weighted by molar-refractivity contribution is 5.86. The van der Waals surface area contributed by atoms with E-state index >= 15 is 0 Å². The Balaban J connectivity index is 1.92. The number of nitrogens with zero attached hydrogens (tertiary/aromatic N) is 2. The highest BCUT2D eigenvalue weighted by Crippen LogP contribution is 2.28. The van der Waals surface area contributed by atoms with E-state index < -0.39 is 5.97 Å². The highest BCUT2D eigenvalue weighted by atomic mass is 16.5. The van der Waals surface area contributed by atoms with Gasteiger partial charge in [-0.15, -0.1) is 0 Å². The molecule has 0 aliphatic heterocycles. The zero-order valence-corrected chi connectivity index (χ0v) is 15.5. The Morgan fingerprint density at radius 3 is 2.76 bits per heavy atom. The summed E-state index contributed by atoms with van der Waals surface area (Å²) in [7, 11) is 1.31. The van der Waals surface area contributed by atoms with Gasteiger partial charge < -0.3 is 14.1 Å². The van der Waals surface area contributed by atoms with Crippen molar-refractivity contribution >= 4 is 11.9 Å². The number of hydrogen-bond acceptors (Lipinski definition) is 5. The third kappa shape index (κ3) is 6.18. The van der Waals surface area contributed by atoms with Crippen molar-refractivity contribution in [3.8, 4) is 0 Å². The first-order valence-corrected chi connectivity index (χ1v) is 9.44. The third-order valence-corrected chi connectivity index (χ3v) is 4.90. The van der Waals surface area contributed by atoms with Crippen molar-refractivity contribution in [1.29, 1.82) is 0 Å². The van der Waals surface area contributed by atoms with Gasteiger partial charge in [0.2, 0.25) is 11.8 Å². The summed E-state index contributed by atoms with van der Waals surface area (Å²) in [6.45, 7) is 3.15. The summed E-state index contributed by atoms with van der Waals surface area (Å²) in [6.07, 6.45) is 11.1. The molecule has 1 amide bonds. The molecule has 1 aromatic rings. The lowest BCUT2D eigenvalue weighted by Crippen LogP contribution is -2.31. The normalized spacial score (nSPS) is 14.6. The van der Waals surface area contributed by atoms with Crippen molar-refractivity contribution in [2.75, 3.05) is 13.7 Å². The monoisotopic (exact) mass is 350 g/mol. The topological polar surface area (TPSA) is 72.6 Å². The molecule has 0 spiro atoms. The van der Waals surface area contributed by atoms with Crippen LogP contribution in [0.25, 0.3) is 0 Å². The molecule has 0 atom stereocenters. The average molecular weight is 350 g/mol. The number of carbonyl (C=O) groups is 2. The van der Waals surface area contributed by atoms with Gasteiger partial charge in [0.1, 0.15) is 6.26 Å². The number of carbonyl (C=O) groups excluding carboxylic acids is 2. The Morgan fingerprint density at radius 2 is 2.08 bits per heavy atom. The van der Waals surface area contributed by atoms with Gasteiger partial charge in [-0.3, -0.25) is 4.79 Å². The molecule has 25 heavy (non-hydrogen) atoms. The molecule has 1 heterocycles. The minimum absolute atomic E-state index is 0.143. The highest BCUT2D eigenvalue weighted by Gasteiger charge is 2.21. The summed E-state index contributed by atoms with van der Waals surface area (Å²) in [5, 5.41) is 0. The molecule has 2 rings (SSSR count). The standard InChI is InChI=1S/C19H30N2O4/c1-3-4-7-12-21(18(22)11-10-15-8-5-6-9-15)13-17-20-16(14-25-17)19(23)24-2/h14-15H,3-13H2,1-2H3. The molecule has 1 aliphatic carbocycles. The lowest BCUT2D eigenvalue weighted by atomic mass is 10.0. The van der Waals surface area contributed by atoms with E-state index in [9.17, 15) is 9.59 Å². The third-order valence-electron chi connectivity index (χ3n) is 4.90. The van der Waals surface area contributed by atoms with Gasteiger partial charge in [0, 0.05) is 13.0 Å². The second kappa shape index (κ2) is 10.2. The SMILES string of the molecule is CCCCCN(Cc1nc(C(=O)OC)co1)C(=O)CCC1CCCC1. The second-order valence-corrected chi connectivity index (χ2v) is 6.83. The van der Waals surface area contributed by atoms with Crippen molar-refractivity contribution < 1.29 is 18.7 Å². The number of rotatable bonds is 10. The van der Waals surface area contributed by atoms with Gasteiger partial charge in [0.05, 0.1) is 13.7 Å². The van der Waals surface area contributed by atoms with Crippen LogP contribution in [-0.4, -0.2) is 35.4 Å². The Kier molecular flexibility index (Phi) is 7.95. The zero-order valence-electron chi connectivity index (χ0n) is 15.5. The molecule has 140 valence electrons. The molecular weight excluding hydrogens is 320 g/mol. The molecule has 0 saturated heterocycles. The van der Waals surface area contributed by atoms with Crippen molar-refractivity contribution in [2.45, 2.75) is 71.3 Å². The Labute approximate surface area is 149 Å². The minimum atomic E-state index is -0.528. The first kappa shape index (κ1) is 19.5. The Morgan fingerprint density at radius 1 is 1.32 bits per heavy atom. The lowest BCUT2D eigenvalue weighted by molar-refractivity contribution is -0.132. The number of ether oxygens (including phenoxy) is 1. The fourth-order valence-corrected chi connectivity index (χ4v) is 3.37. The van der Waals surface area contributed by atoms with Crippen LogP contribution in [0, 0.1) is 5.92 Å². The van der Waals surface area contributed by atoms with Crippen LogP contribution in [-0.2, 0) is 16.1 Å². The predicted molar refractivity (Wildman–Crippen MR) is 94.0 cm³/mol. The van der Waals surface area contributed by atoms with E-state index in [2.05, 4.69) is 16.6 Å². The number of amides is 1. The van der Waals surface area contributed by atoms with Crippen molar-refractivity contribution in [2.24, 2.45) is 5.92 Å². The number of hydrogen-bond donors (Lipinski definition) is 0. The van der Waals surface area contributed by atoms with Gasteiger partial charge in [-0.25, -0.2) is 9.78 Å². The van der Waals surface area contributed by atoms with Crippen molar-refractivity contribution in [3.05, 3.63) is 17.8 Å². The molecule has 1 fully saturated rings. The summed E-state index contributed by atoms with van der Waals surface area (Å²) < 4.78 is 9.98. The first-order valence-electron chi connectivity index (χ1n) is 9.44. The number of methoxy groups -OCH3 is 1. The minimum Gasteiger partial charge on any atom is -0.464 e. The maximum absolute atomic E-state index is 12.7. The summed E-state index contributed by atoms with van der Waals surface area (Å²) in [5.74, 6) is 0.709. The molecular formula is C19H30N2O4. The van der Waals surface area contributed by atoms with E-state index in [4.69, 9.17) is 4.42 Å². The zero-order chi connectivity index (χ0) is 18.1. The fraction of sp³-hybridized carbons (Fsp3) is 0.737. The quantitative estimate of drug-likeness (QED) is 0.472. The summed E-state index contributed by atoms with van der Waals surface area (Å²) >= 11 is 0. The summed E-state index contributed by atoms with van der Waals surface area (Å²) in [4.78, 5) is 30.1. The molecule has 0 unspecified atom stereocenters. The van der Waals surface area contributed by atoms with Crippen LogP contribution < -0.4 is 0 Å². The molecule has 1 saturated carbocycles. The van der Waals surface area contributed by atoms with E-state index in [0.717, 1.165) is 25.7 Å². The van der Waals surface area contributed by atoms with Crippen molar-refractivity contribution in [3.63, 3.8) is 0 Å². The van der Waals surface area contributed by atoms with E-state index in [1.54, 1.807) is 0 Å². The van der Waals surface area contributed by atoms with Crippen LogP contribution in [0.2, 0.25) is 0 Å². The molecule has 6 heteroatoms. The van der Waals surface area contributed by atoms with Crippen LogP contribution in [0.3, 0.4) is 0 Å². The van der Waals surface area contributed by atoms with Crippen LogP contribution in [0.1, 0.15) is 81.1 Å². The molecule has 1 aromatic heterocycles. The number of oxazole rings is 1. The maximum Gasteiger partial charge on any atom is 0.360 e. The smallest absolute Gasteiger partial charge is 0.360 e. The molecule has 0 radical (unpaired) electrons. The lowest BCUT2D eigenvalue weighted by Gasteiger charge is -2.22. The maximum atomic E-state index is 12.7. The van der Waals surface area contributed by atoms with Gasteiger partial charge in [-0.05, 0) is 18.8 Å². The van der Waals surface area contributed by atoms with Gasteiger partial charge in [-0.1, -0.05) is 45.4 Å². The Hall–Kier alpha value is -1.85. The van der Waals surface area contributed by atoms with Gasteiger partial charge in [-0.2, -0.15) is 0 Å². The average Bonchev–Trinajstić information content (AvgIpc) is 3.30. The van der Waals surface area contributed by atoms with Gasteiger partial charge in [0.15, 0.2) is 5.69 Å². The molecule has 0 aromatic carbocycles. The van der Waals surface area contributed by atoms with E-state index in [0.29, 0.717) is 31.3 Å². The summed E-state index contributed by atoms with van der Waals surface area (Å²) in [6, 6.07) is 0. The van der Waals surface area contributed by atoms with E-state index in [1.807, 2.05) is 4.90 Å².